The molecule has 1 N–H and O–H groups in total. The maximum absolute atomic E-state index is 12.1. The molecule has 0 saturated carbocycles. The summed E-state index contributed by atoms with van der Waals surface area (Å²) in [6.45, 7) is 4.03. The standard InChI is InChI=1S/C41H70O5/c1-3-5-7-9-11-13-15-17-19-20-22-24-26-28-30-32-34-36-41(44)46-39(37-42)38-45-40(43)35-33-31-29-27-25-23-21-18-16-14-12-10-8-6-4-2/h11-14,17-19,21,25,27,39,42H,3-10,15-16,20,22-24,26,28-38H2,1-2H3/b13-11-,14-12-,19-17-,21-18-,27-25-/t39-/m0/s1. The van der Waals surface area contributed by atoms with Crippen LogP contribution in [0.5, 0.6) is 0 Å². The predicted molar refractivity (Wildman–Crippen MR) is 196 cm³/mol. The van der Waals surface area contributed by atoms with Gasteiger partial charge < -0.3 is 14.6 Å². The van der Waals surface area contributed by atoms with Gasteiger partial charge in [0, 0.05) is 12.8 Å². The number of carbonyl (C=O) groups excluding carboxylic acids is 2. The van der Waals surface area contributed by atoms with E-state index in [2.05, 4.69) is 74.6 Å². The molecule has 0 aromatic carbocycles. The van der Waals surface area contributed by atoms with E-state index in [-0.39, 0.29) is 25.2 Å². The van der Waals surface area contributed by atoms with Crippen LogP contribution >= 0.6 is 0 Å². The fraction of sp³-hybridized carbons (Fsp3) is 0.707. The van der Waals surface area contributed by atoms with Crippen LogP contribution in [0.15, 0.2) is 60.8 Å². The molecule has 0 aliphatic carbocycles. The zero-order valence-electron chi connectivity index (χ0n) is 29.8. The molecule has 0 aliphatic heterocycles. The first-order valence-corrected chi connectivity index (χ1v) is 18.8. The molecule has 0 unspecified atom stereocenters. The lowest BCUT2D eigenvalue weighted by Gasteiger charge is -2.15. The van der Waals surface area contributed by atoms with Crippen LogP contribution in [-0.2, 0) is 19.1 Å². The number of aliphatic hydroxyl groups excluding tert-OH is 1. The second-order valence-electron chi connectivity index (χ2n) is 12.3. The van der Waals surface area contributed by atoms with E-state index < -0.39 is 6.10 Å². The van der Waals surface area contributed by atoms with Gasteiger partial charge in [-0.25, -0.2) is 0 Å². The maximum atomic E-state index is 12.1. The van der Waals surface area contributed by atoms with Gasteiger partial charge in [0.05, 0.1) is 6.61 Å². The number of allylic oxidation sites excluding steroid dienone is 10. The highest BCUT2D eigenvalue weighted by Crippen LogP contribution is 2.12. The number of esters is 2. The molecule has 0 aromatic heterocycles. The fourth-order valence-electron chi connectivity index (χ4n) is 4.88. The van der Waals surface area contributed by atoms with Gasteiger partial charge in [0.25, 0.3) is 0 Å². The summed E-state index contributed by atoms with van der Waals surface area (Å²) in [6, 6.07) is 0. The van der Waals surface area contributed by atoms with Gasteiger partial charge in [0.15, 0.2) is 6.10 Å². The van der Waals surface area contributed by atoms with Crippen LogP contribution in [0.2, 0.25) is 0 Å². The van der Waals surface area contributed by atoms with E-state index in [0.717, 1.165) is 64.2 Å². The molecule has 0 spiro atoms. The van der Waals surface area contributed by atoms with E-state index in [1.54, 1.807) is 0 Å². The lowest BCUT2D eigenvalue weighted by atomic mass is 10.1. The summed E-state index contributed by atoms with van der Waals surface area (Å²) in [5, 5.41) is 9.53. The molecular formula is C41H70O5. The average Bonchev–Trinajstić information content (AvgIpc) is 3.06. The number of aliphatic hydroxyl groups is 1. The Labute approximate surface area is 283 Å². The maximum Gasteiger partial charge on any atom is 0.306 e. The molecule has 0 bridgehead atoms. The van der Waals surface area contributed by atoms with Crippen molar-refractivity contribution in [1.82, 2.24) is 0 Å². The largest absolute Gasteiger partial charge is 0.462 e. The van der Waals surface area contributed by atoms with Crippen LogP contribution in [0.4, 0.5) is 0 Å². The SMILES string of the molecule is CCCCC/C=C\C/C=C\C/C=C\CCCCC(=O)OC[C@H](CO)OC(=O)CCCCCCCCC/C=C\C/C=C\CCCCC. The highest BCUT2D eigenvalue weighted by atomic mass is 16.6. The molecule has 0 amide bonds. The molecule has 264 valence electrons. The van der Waals surface area contributed by atoms with Crippen LogP contribution in [0.25, 0.3) is 0 Å². The van der Waals surface area contributed by atoms with E-state index in [1.807, 2.05) is 0 Å². The van der Waals surface area contributed by atoms with Crippen molar-refractivity contribution in [3.05, 3.63) is 60.8 Å². The topological polar surface area (TPSA) is 72.8 Å². The predicted octanol–water partition coefficient (Wildman–Crippen LogP) is 11.6. The zero-order chi connectivity index (χ0) is 33.6. The molecule has 0 aromatic rings. The summed E-state index contributed by atoms with van der Waals surface area (Å²) in [5.41, 5.74) is 0. The molecular weight excluding hydrogens is 572 g/mol. The first-order chi connectivity index (χ1) is 22.6. The Balaban J connectivity index is 3.66. The monoisotopic (exact) mass is 643 g/mol. The van der Waals surface area contributed by atoms with Crippen molar-refractivity contribution in [3.63, 3.8) is 0 Å². The van der Waals surface area contributed by atoms with Crippen LogP contribution < -0.4 is 0 Å². The molecule has 0 aliphatic rings. The lowest BCUT2D eigenvalue weighted by molar-refractivity contribution is -0.161. The van der Waals surface area contributed by atoms with Crippen LogP contribution in [-0.4, -0.2) is 36.4 Å². The minimum absolute atomic E-state index is 0.0911. The van der Waals surface area contributed by atoms with E-state index >= 15 is 0 Å². The van der Waals surface area contributed by atoms with Crippen molar-refractivity contribution in [1.29, 1.82) is 0 Å². The first kappa shape index (κ1) is 43.6. The van der Waals surface area contributed by atoms with Gasteiger partial charge in [-0.3, -0.25) is 9.59 Å². The normalized spacial score (nSPS) is 12.8. The number of ether oxygens (including phenoxy) is 2. The Hall–Kier alpha value is -2.40. The van der Waals surface area contributed by atoms with Gasteiger partial charge in [-0.15, -0.1) is 0 Å². The van der Waals surface area contributed by atoms with Crippen molar-refractivity contribution in [2.24, 2.45) is 0 Å². The van der Waals surface area contributed by atoms with Crippen LogP contribution in [0.1, 0.15) is 168 Å². The van der Waals surface area contributed by atoms with E-state index in [1.165, 1.54) is 77.0 Å². The Morgan fingerprint density at radius 1 is 0.500 bits per heavy atom. The van der Waals surface area contributed by atoms with Crippen molar-refractivity contribution < 1.29 is 24.2 Å². The minimum Gasteiger partial charge on any atom is -0.462 e. The average molecular weight is 643 g/mol. The third kappa shape index (κ3) is 34.5. The molecule has 0 saturated heterocycles. The Morgan fingerprint density at radius 2 is 0.870 bits per heavy atom. The number of hydrogen-bond donors (Lipinski definition) is 1. The van der Waals surface area contributed by atoms with Crippen molar-refractivity contribution in [2.45, 2.75) is 174 Å². The van der Waals surface area contributed by atoms with Crippen molar-refractivity contribution in [2.75, 3.05) is 13.2 Å². The first-order valence-electron chi connectivity index (χ1n) is 18.8. The number of rotatable bonds is 33. The summed E-state index contributed by atoms with van der Waals surface area (Å²) in [5.74, 6) is -0.649. The highest BCUT2D eigenvalue weighted by molar-refractivity contribution is 5.70. The summed E-state index contributed by atoms with van der Waals surface area (Å²) in [7, 11) is 0. The van der Waals surface area contributed by atoms with Gasteiger partial charge >= 0.3 is 11.9 Å². The van der Waals surface area contributed by atoms with E-state index in [0.29, 0.717) is 12.8 Å². The van der Waals surface area contributed by atoms with E-state index in [4.69, 9.17) is 9.47 Å². The molecule has 0 radical (unpaired) electrons. The molecule has 1 atom stereocenters. The van der Waals surface area contributed by atoms with Gasteiger partial charge in [-0.2, -0.15) is 0 Å². The smallest absolute Gasteiger partial charge is 0.306 e. The van der Waals surface area contributed by atoms with Gasteiger partial charge in [0.1, 0.15) is 6.61 Å². The van der Waals surface area contributed by atoms with Crippen LogP contribution in [0, 0.1) is 0 Å². The zero-order valence-corrected chi connectivity index (χ0v) is 29.8. The van der Waals surface area contributed by atoms with Crippen molar-refractivity contribution >= 4 is 11.9 Å². The van der Waals surface area contributed by atoms with Crippen LogP contribution in [0.3, 0.4) is 0 Å². The summed E-state index contributed by atoms with van der Waals surface area (Å²) in [4.78, 5) is 24.2. The molecule has 0 heterocycles. The molecule has 0 rings (SSSR count). The summed E-state index contributed by atoms with van der Waals surface area (Å²) >= 11 is 0. The van der Waals surface area contributed by atoms with Gasteiger partial charge in [0.2, 0.25) is 0 Å². The Morgan fingerprint density at radius 3 is 1.35 bits per heavy atom. The lowest BCUT2D eigenvalue weighted by Crippen LogP contribution is -2.28. The van der Waals surface area contributed by atoms with E-state index in [9.17, 15) is 14.7 Å². The Bertz CT molecular complexity index is 823. The molecule has 5 nitrogen and oxygen atoms in total. The highest BCUT2D eigenvalue weighted by Gasteiger charge is 2.16. The molecule has 5 heteroatoms. The third-order valence-corrected chi connectivity index (χ3v) is 7.78. The summed E-state index contributed by atoms with van der Waals surface area (Å²) < 4.78 is 10.6. The summed E-state index contributed by atoms with van der Waals surface area (Å²) in [6.07, 6.45) is 47.0. The number of carbonyl (C=O) groups is 2. The number of hydrogen-bond acceptors (Lipinski definition) is 5. The minimum atomic E-state index is -0.792. The fourth-order valence-corrected chi connectivity index (χ4v) is 4.88. The van der Waals surface area contributed by atoms with Crippen molar-refractivity contribution in [3.8, 4) is 0 Å². The van der Waals surface area contributed by atoms with Gasteiger partial charge in [-0.1, -0.05) is 132 Å². The second-order valence-corrected chi connectivity index (χ2v) is 12.3. The van der Waals surface area contributed by atoms with Gasteiger partial charge in [-0.05, 0) is 83.5 Å². The molecule has 46 heavy (non-hydrogen) atoms. The second kappa shape index (κ2) is 37.1. The Kier molecular flexibility index (Phi) is 35.1. The number of unbranched alkanes of at least 4 members (excludes halogenated alkanes) is 15. The third-order valence-electron chi connectivity index (χ3n) is 7.78. The quantitative estimate of drug-likeness (QED) is 0.0438. The molecule has 0 fully saturated rings.